The van der Waals surface area contributed by atoms with Crippen LogP contribution in [0.5, 0.6) is 0 Å². The molecular weight excluding hydrogens is 198 g/mol. The molecule has 4 nitrogen and oxygen atoms in total. The van der Waals surface area contributed by atoms with E-state index in [4.69, 9.17) is 0 Å². The van der Waals surface area contributed by atoms with Gasteiger partial charge in [-0.25, -0.2) is 4.98 Å². The third-order valence-electron chi connectivity index (χ3n) is 1.09. The third kappa shape index (κ3) is 3.29. The summed E-state index contributed by atoms with van der Waals surface area (Å²) in [6, 6.07) is 0. The lowest BCUT2D eigenvalue weighted by atomic mass is 10.5. The highest BCUT2D eigenvalue weighted by Gasteiger charge is 2.04. The Morgan fingerprint density at radius 2 is 2.33 bits per heavy atom. The van der Waals surface area contributed by atoms with E-state index < -0.39 is 10.1 Å². The Hall–Kier alpha value is -0.460. The van der Waals surface area contributed by atoms with Crippen LogP contribution < -0.4 is 0 Å². The summed E-state index contributed by atoms with van der Waals surface area (Å²) in [6.07, 6.45) is 1.02. The predicted molar refractivity (Wildman–Crippen MR) is 46.5 cm³/mol. The van der Waals surface area contributed by atoms with Crippen molar-refractivity contribution in [2.24, 2.45) is 0 Å². The van der Waals surface area contributed by atoms with E-state index >= 15 is 0 Å². The molecule has 0 fully saturated rings. The summed E-state index contributed by atoms with van der Waals surface area (Å²) < 4.78 is 25.7. The van der Waals surface area contributed by atoms with Gasteiger partial charge in [0.15, 0.2) is 0 Å². The van der Waals surface area contributed by atoms with Crippen LogP contribution in [0.25, 0.3) is 0 Å². The standard InChI is InChI=1S/C6H9NO3S2/c1-5-7-6(4-11-5)3-10-12(2,8)9/h4H,3H2,1-2H3. The summed E-state index contributed by atoms with van der Waals surface area (Å²) in [5.74, 6) is 0. The van der Waals surface area contributed by atoms with Crippen LogP contribution in [0.1, 0.15) is 10.7 Å². The van der Waals surface area contributed by atoms with Crippen LogP contribution in [0.2, 0.25) is 0 Å². The zero-order chi connectivity index (χ0) is 9.19. The van der Waals surface area contributed by atoms with Gasteiger partial charge in [-0.2, -0.15) is 8.42 Å². The highest BCUT2D eigenvalue weighted by molar-refractivity contribution is 7.85. The maximum absolute atomic E-state index is 10.6. The van der Waals surface area contributed by atoms with Crippen LogP contribution in [-0.2, 0) is 20.9 Å². The first kappa shape index (κ1) is 9.63. The molecule has 0 N–H and O–H groups in total. The van der Waals surface area contributed by atoms with Crippen molar-refractivity contribution in [3.63, 3.8) is 0 Å². The number of hydrogen-bond acceptors (Lipinski definition) is 5. The molecule has 0 bridgehead atoms. The molecule has 0 atom stereocenters. The van der Waals surface area contributed by atoms with Crippen LogP contribution in [-0.4, -0.2) is 19.7 Å². The molecule has 0 radical (unpaired) electrons. The van der Waals surface area contributed by atoms with Crippen molar-refractivity contribution in [2.45, 2.75) is 13.5 Å². The number of hydrogen-bond donors (Lipinski definition) is 0. The van der Waals surface area contributed by atoms with E-state index in [1.807, 2.05) is 6.92 Å². The molecule has 0 unspecified atom stereocenters. The van der Waals surface area contributed by atoms with Crippen molar-refractivity contribution in [2.75, 3.05) is 6.26 Å². The van der Waals surface area contributed by atoms with Gasteiger partial charge < -0.3 is 0 Å². The van der Waals surface area contributed by atoms with Crippen molar-refractivity contribution < 1.29 is 12.6 Å². The molecule has 0 amide bonds. The molecule has 1 aromatic heterocycles. The van der Waals surface area contributed by atoms with Gasteiger partial charge in [-0.1, -0.05) is 0 Å². The van der Waals surface area contributed by atoms with Gasteiger partial charge in [0.05, 0.1) is 17.0 Å². The molecule has 68 valence electrons. The van der Waals surface area contributed by atoms with Gasteiger partial charge in [0, 0.05) is 5.38 Å². The maximum atomic E-state index is 10.6. The average Bonchev–Trinajstić information content (AvgIpc) is 2.30. The van der Waals surface area contributed by atoms with E-state index in [-0.39, 0.29) is 6.61 Å². The minimum absolute atomic E-state index is 0.0309. The first-order chi connectivity index (χ1) is 5.47. The molecule has 0 aliphatic heterocycles. The van der Waals surface area contributed by atoms with E-state index in [1.54, 1.807) is 5.38 Å². The van der Waals surface area contributed by atoms with Crippen LogP contribution in [0, 0.1) is 6.92 Å². The van der Waals surface area contributed by atoms with E-state index in [1.165, 1.54) is 11.3 Å². The summed E-state index contributed by atoms with van der Waals surface area (Å²) in [5, 5.41) is 2.68. The Balaban J connectivity index is 2.55. The number of rotatable bonds is 3. The molecule has 1 rings (SSSR count). The van der Waals surface area contributed by atoms with Crippen molar-refractivity contribution in [3.8, 4) is 0 Å². The van der Waals surface area contributed by atoms with Gasteiger partial charge in [-0.3, -0.25) is 4.18 Å². The third-order valence-corrected chi connectivity index (χ3v) is 2.46. The van der Waals surface area contributed by atoms with E-state index in [9.17, 15) is 8.42 Å². The number of aryl methyl sites for hydroxylation is 1. The second-order valence-corrected chi connectivity index (χ2v) is 5.03. The van der Waals surface area contributed by atoms with Gasteiger partial charge in [-0.05, 0) is 6.92 Å². The summed E-state index contributed by atoms with van der Waals surface area (Å²) in [5.41, 5.74) is 0.655. The Kier molecular flexibility index (Phi) is 2.81. The van der Waals surface area contributed by atoms with Crippen LogP contribution in [0.3, 0.4) is 0 Å². The van der Waals surface area contributed by atoms with E-state index in [0.29, 0.717) is 5.69 Å². The van der Waals surface area contributed by atoms with Crippen molar-refractivity contribution in [1.29, 1.82) is 0 Å². The van der Waals surface area contributed by atoms with E-state index in [2.05, 4.69) is 9.17 Å². The normalized spacial score (nSPS) is 11.8. The summed E-state index contributed by atoms with van der Waals surface area (Å²) >= 11 is 1.47. The lowest BCUT2D eigenvalue weighted by Crippen LogP contribution is -2.02. The average molecular weight is 207 g/mol. The second kappa shape index (κ2) is 3.51. The molecule has 6 heteroatoms. The molecule has 0 spiro atoms. The molecule has 1 heterocycles. The smallest absolute Gasteiger partial charge is 0.264 e. The Labute approximate surface area is 75.3 Å². The molecule has 0 aliphatic carbocycles. The van der Waals surface area contributed by atoms with Gasteiger partial charge in [0.1, 0.15) is 6.61 Å². The second-order valence-electron chi connectivity index (χ2n) is 2.32. The molecule has 0 saturated carbocycles. The van der Waals surface area contributed by atoms with Crippen molar-refractivity contribution in [3.05, 3.63) is 16.1 Å². The first-order valence-electron chi connectivity index (χ1n) is 3.23. The SMILES string of the molecule is Cc1nc(COS(C)(=O)=O)cs1. The predicted octanol–water partition coefficient (Wildman–Crippen LogP) is 0.928. The lowest BCUT2D eigenvalue weighted by Gasteiger charge is -1.95. The fourth-order valence-electron chi connectivity index (χ4n) is 0.642. The number of thiazole rings is 1. The van der Waals surface area contributed by atoms with Gasteiger partial charge in [0.2, 0.25) is 0 Å². The minimum atomic E-state index is -3.35. The van der Waals surface area contributed by atoms with Crippen LogP contribution in [0.15, 0.2) is 5.38 Å². The van der Waals surface area contributed by atoms with E-state index in [0.717, 1.165) is 11.3 Å². The van der Waals surface area contributed by atoms with Crippen molar-refractivity contribution in [1.82, 2.24) is 4.98 Å². The summed E-state index contributed by atoms with van der Waals surface area (Å²) in [7, 11) is -3.35. The number of nitrogens with zero attached hydrogens (tertiary/aromatic N) is 1. The zero-order valence-corrected chi connectivity index (χ0v) is 8.41. The highest BCUT2D eigenvalue weighted by Crippen LogP contribution is 2.09. The first-order valence-corrected chi connectivity index (χ1v) is 5.92. The van der Waals surface area contributed by atoms with Crippen molar-refractivity contribution >= 4 is 21.5 Å². The zero-order valence-electron chi connectivity index (χ0n) is 6.77. The molecule has 1 aromatic rings. The molecule has 12 heavy (non-hydrogen) atoms. The molecule has 0 saturated heterocycles. The number of aromatic nitrogens is 1. The fourth-order valence-corrected chi connectivity index (χ4v) is 1.57. The van der Waals surface area contributed by atoms with Gasteiger partial charge in [0.25, 0.3) is 10.1 Å². The lowest BCUT2D eigenvalue weighted by molar-refractivity contribution is 0.308. The van der Waals surface area contributed by atoms with Crippen LogP contribution >= 0.6 is 11.3 Å². The molecule has 0 aromatic carbocycles. The maximum Gasteiger partial charge on any atom is 0.264 e. The molecular formula is C6H9NO3S2. The topological polar surface area (TPSA) is 56.3 Å². The van der Waals surface area contributed by atoms with Gasteiger partial charge in [-0.15, -0.1) is 11.3 Å². The monoisotopic (exact) mass is 207 g/mol. The van der Waals surface area contributed by atoms with Crippen LogP contribution in [0.4, 0.5) is 0 Å². The summed E-state index contributed by atoms with van der Waals surface area (Å²) in [4.78, 5) is 4.04. The Bertz CT molecular complexity index is 355. The van der Waals surface area contributed by atoms with Gasteiger partial charge >= 0.3 is 0 Å². The fraction of sp³-hybridized carbons (Fsp3) is 0.500. The largest absolute Gasteiger partial charge is 0.264 e. The minimum Gasteiger partial charge on any atom is -0.264 e. The Morgan fingerprint density at radius 3 is 2.75 bits per heavy atom. The highest BCUT2D eigenvalue weighted by atomic mass is 32.2. The molecule has 0 aliphatic rings. The summed E-state index contributed by atoms with van der Waals surface area (Å²) in [6.45, 7) is 1.89. The Morgan fingerprint density at radius 1 is 1.67 bits per heavy atom. The quantitative estimate of drug-likeness (QED) is 0.692.